The molecule has 186 valence electrons. The first-order chi connectivity index (χ1) is 16.6. The molecule has 2 aromatic rings. The predicted molar refractivity (Wildman–Crippen MR) is 118 cm³/mol. The number of anilines is 2. The van der Waals surface area contributed by atoms with E-state index < -0.39 is 47.9 Å². The molecule has 4 rings (SSSR count). The van der Waals surface area contributed by atoms with E-state index in [1.54, 1.807) is 19.1 Å². The fraction of sp³-hybridized carbons (Fsp3) is 0.455. The van der Waals surface area contributed by atoms with Crippen LogP contribution in [0.5, 0.6) is 0 Å². The Morgan fingerprint density at radius 3 is 2.49 bits per heavy atom. The molecule has 1 saturated heterocycles. The van der Waals surface area contributed by atoms with Gasteiger partial charge in [0.1, 0.15) is 17.9 Å². The van der Waals surface area contributed by atoms with Crippen molar-refractivity contribution < 1.29 is 27.6 Å². The lowest BCUT2D eigenvalue weighted by atomic mass is 9.81. The Kier molecular flexibility index (Phi) is 6.59. The number of imide groups is 1. The minimum absolute atomic E-state index is 0.0459. The molecule has 3 N–H and O–H groups in total. The highest BCUT2D eigenvalue weighted by Crippen LogP contribution is 2.41. The monoisotopic (exact) mass is 491 g/mol. The second kappa shape index (κ2) is 9.47. The Hall–Kier alpha value is -3.77. The number of nitrogen functional groups attached to an aromatic ring is 1. The van der Waals surface area contributed by atoms with Crippen molar-refractivity contribution in [3.05, 3.63) is 42.4 Å². The first-order valence-corrected chi connectivity index (χ1v) is 11.1. The molecule has 2 aliphatic rings. The molecule has 4 amide bonds. The molecule has 2 aromatic heterocycles. The summed E-state index contributed by atoms with van der Waals surface area (Å²) >= 11 is 0. The maximum absolute atomic E-state index is 13.5. The molecular formula is C22H24F3N7O3. The van der Waals surface area contributed by atoms with Gasteiger partial charge in [0.15, 0.2) is 0 Å². The average Bonchev–Trinajstić information content (AvgIpc) is 3.64. The Morgan fingerprint density at radius 2 is 1.91 bits per heavy atom. The number of carbonyl (C=O) groups is 3. The Balaban J connectivity index is 1.62. The van der Waals surface area contributed by atoms with Crippen molar-refractivity contribution in [2.45, 2.75) is 44.4 Å². The van der Waals surface area contributed by atoms with E-state index in [0.29, 0.717) is 23.3 Å². The van der Waals surface area contributed by atoms with Gasteiger partial charge in [0.25, 0.3) is 5.91 Å². The summed E-state index contributed by atoms with van der Waals surface area (Å²) in [5, 5.41) is 1.94. The molecule has 35 heavy (non-hydrogen) atoms. The standard InChI is InChI=1S/C22H24F3N7O3/c1-2-31(20-28-7-3-8-29-20)19(34)16-14(10-12-6-9-27-15(26)11-12)18(33)32(16)21(35)30-17(13-4-5-13)22(23,24)25/h3,6-9,11,13-14,16-17H,2,4-5,10H2,1H3,(H2,26,27)(H,30,35)/t14-,16+,17+/m1/s1. The second-order valence-electron chi connectivity index (χ2n) is 8.49. The van der Waals surface area contributed by atoms with Crippen molar-refractivity contribution in [1.82, 2.24) is 25.2 Å². The molecule has 0 bridgehead atoms. The van der Waals surface area contributed by atoms with Gasteiger partial charge in [-0.1, -0.05) is 0 Å². The quantitative estimate of drug-likeness (QED) is 0.565. The molecule has 1 aliphatic carbocycles. The third-order valence-electron chi connectivity index (χ3n) is 6.09. The number of pyridine rings is 1. The van der Waals surface area contributed by atoms with Crippen molar-refractivity contribution in [3.63, 3.8) is 0 Å². The maximum Gasteiger partial charge on any atom is 0.408 e. The van der Waals surface area contributed by atoms with Crippen LogP contribution >= 0.6 is 0 Å². The van der Waals surface area contributed by atoms with Gasteiger partial charge in [-0.25, -0.2) is 19.7 Å². The van der Waals surface area contributed by atoms with Gasteiger partial charge >= 0.3 is 12.2 Å². The SMILES string of the molecule is CCN(C(=O)[C@@H]1[C@@H](Cc2ccnc(N)c2)C(=O)N1C(=O)N[C@@H](C1CC1)C(F)(F)F)c1ncccn1. The minimum atomic E-state index is -4.68. The number of alkyl halides is 3. The van der Waals surface area contributed by atoms with Crippen LogP contribution in [0.3, 0.4) is 0 Å². The van der Waals surface area contributed by atoms with Crippen LogP contribution in [0, 0.1) is 11.8 Å². The van der Waals surface area contributed by atoms with Crippen LogP contribution < -0.4 is 16.0 Å². The second-order valence-corrected chi connectivity index (χ2v) is 8.49. The van der Waals surface area contributed by atoms with E-state index >= 15 is 0 Å². The van der Waals surface area contributed by atoms with Crippen LogP contribution in [-0.4, -0.2) is 62.5 Å². The van der Waals surface area contributed by atoms with Gasteiger partial charge in [0, 0.05) is 25.1 Å². The van der Waals surface area contributed by atoms with Gasteiger partial charge in [-0.05, 0) is 55.9 Å². The lowest BCUT2D eigenvalue weighted by Crippen LogP contribution is -2.71. The van der Waals surface area contributed by atoms with Crippen LogP contribution in [0.15, 0.2) is 36.8 Å². The number of nitrogens with two attached hydrogens (primary N) is 1. The van der Waals surface area contributed by atoms with Crippen LogP contribution in [0.2, 0.25) is 0 Å². The summed E-state index contributed by atoms with van der Waals surface area (Å²) in [6, 6.07) is 0.0188. The fourth-order valence-corrected chi connectivity index (χ4v) is 4.22. The van der Waals surface area contributed by atoms with Gasteiger partial charge in [-0.2, -0.15) is 13.2 Å². The van der Waals surface area contributed by atoms with Gasteiger partial charge < -0.3 is 11.1 Å². The molecule has 0 aromatic carbocycles. The third-order valence-corrected chi connectivity index (χ3v) is 6.09. The Morgan fingerprint density at radius 1 is 1.23 bits per heavy atom. The van der Waals surface area contributed by atoms with E-state index in [1.807, 2.05) is 5.32 Å². The van der Waals surface area contributed by atoms with Crippen molar-refractivity contribution >= 4 is 29.6 Å². The molecule has 3 atom stereocenters. The van der Waals surface area contributed by atoms with Gasteiger partial charge in [0.2, 0.25) is 11.9 Å². The summed E-state index contributed by atoms with van der Waals surface area (Å²) in [5.74, 6) is -2.90. The number of urea groups is 1. The zero-order chi connectivity index (χ0) is 25.3. The molecule has 3 heterocycles. The highest BCUT2D eigenvalue weighted by Gasteiger charge is 2.57. The number of aromatic nitrogens is 3. The number of likely N-dealkylation sites (N-methyl/N-ethyl adjacent to an activating group) is 1. The lowest BCUT2D eigenvalue weighted by Gasteiger charge is -2.46. The van der Waals surface area contributed by atoms with E-state index in [-0.39, 0.29) is 24.7 Å². The van der Waals surface area contributed by atoms with E-state index in [2.05, 4.69) is 15.0 Å². The number of likely N-dealkylation sites (tertiary alicyclic amines) is 1. The zero-order valence-corrected chi connectivity index (χ0v) is 18.8. The molecule has 10 nitrogen and oxygen atoms in total. The number of hydrogen-bond donors (Lipinski definition) is 2. The fourth-order valence-electron chi connectivity index (χ4n) is 4.22. The molecule has 1 saturated carbocycles. The average molecular weight is 491 g/mol. The molecule has 0 unspecified atom stereocenters. The summed E-state index contributed by atoms with van der Waals surface area (Å²) in [6.07, 6.45) is 0.305. The number of hydrogen-bond acceptors (Lipinski definition) is 7. The molecule has 1 aliphatic heterocycles. The molecular weight excluding hydrogens is 467 g/mol. The van der Waals surface area contributed by atoms with Crippen LogP contribution in [-0.2, 0) is 16.0 Å². The largest absolute Gasteiger partial charge is 0.408 e. The zero-order valence-electron chi connectivity index (χ0n) is 18.8. The summed E-state index contributed by atoms with van der Waals surface area (Å²) < 4.78 is 40.5. The van der Waals surface area contributed by atoms with E-state index in [0.717, 1.165) is 0 Å². The van der Waals surface area contributed by atoms with Crippen LogP contribution in [0.4, 0.5) is 29.7 Å². The van der Waals surface area contributed by atoms with Crippen LogP contribution in [0.1, 0.15) is 25.3 Å². The first kappa shape index (κ1) is 24.4. The number of amides is 4. The molecule has 0 radical (unpaired) electrons. The number of carbonyl (C=O) groups excluding carboxylic acids is 3. The van der Waals surface area contributed by atoms with E-state index in [1.165, 1.54) is 29.6 Å². The summed E-state index contributed by atoms with van der Waals surface area (Å²) in [6.45, 7) is 1.77. The normalized spacial score (nSPS) is 20.7. The number of halogens is 3. The smallest absolute Gasteiger partial charge is 0.384 e. The molecule has 13 heteroatoms. The summed E-state index contributed by atoms with van der Waals surface area (Å²) in [7, 11) is 0. The Labute approximate surface area is 198 Å². The minimum Gasteiger partial charge on any atom is -0.384 e. The molecule has 0 spiro atoms. The molecule has 2 fully saturated rings. The van der Waals surface area contributed by atoms with E-state index in [9.17, 15) is 27.6 Å². The number of rotatable bonds is 7. The van der Waals surface area contributed by atoms with Crippen LogP contribution in [0.25, 0.3) is 0 Å². The van der Waals surface area contributed by atoms with Gasteiger partial charge in [-0.15, -0.1) is 0 Å². The highest BCUT2D eigenvalue weighted by atomic mass is 19.4. The third kappa shape index (κ3) is 5.03. The number of β-lactam (4-membered cyclic amide) rings is 1. The van der Waals surface area contributed by atoms with Gasteiger partial charge in [-0.3, -0.25) is 19.4 Å². The van der Waals surface area contributed by atoms with Crippen molar-refractivity contribution in [2.24, 2.45) is 11.8 Å². The summed E-state index contributed by atoms with van der Waals surface area (Å²) in [4.78, 5) is 53.2. The topological polar surface area (TPSA) is 134 Å². The Bertz CT molecular complexity index is 1110. The van der Waals surface area contributed by atoms with Gasteiger partial charge in [0.05, 0.1) is 5.92 Å². The number of nitrogens with zero attached hydrogens (tertiary/aromatic N) is 5. The van der Waals surface area contributed by atoms with E-state index in [4.69, 9.17) is 5.73 Å². The maximum atomic E-state index is 13.5. The summed E-state index contributed by atoms with van der Waals surface area (Å²) in [5.41, 5.74) is 6.30. The predicted octanol–water partition coefficient (Wildman–Crippen LogP) is 1.93. The van der Waals surface area contributed by atoms with Crippen molar-refractivity contribution in [3.8, 4) is 0 Å². The highest BCUT2D eigenvalue weighted by molar-refractivity contribution is 6.12. The first-order valence-electron chi connectivity index (χ1n) is 11.1. The lowest BCUT2D eigenvalue weighted by molar-refractivity contribution is -0.163. The van der Waals surface area contributed by atoms with Crippen molar-refractivity contribution in [2.75, 3.05) is 17.2 Å². The van der Waals surface area contributed by atoms with Crippen molar-refractivity contribution in [1.29, 1.82) is 0 Å². The number of nitrogens with one attached hydrogen (secondary N) is 1.